The van der Waals surface area contributed by atoms with Crippen LogP contribution in [0, 0.1) is 0 Å². The average molecular weight is 569 g/mol. The topological polar surface area (TPSA) is 116 Å². The van der Waals surface area contributed by atoms with E-state index in [1.807, 2.05) is 54.6 Å². The van der Waals surface area contributed by atoms with Crippen molar-refractivity contribution in [2.24, 2.45) is 0 Å². The fraction of sp³-hybridized carbons (Fsp3) is 0.182. The number of hydrogen-bond donors (Lipinski definition) is 4. The Morgan fingerprint density at radius 2 is 1.56 bits per heavy atom. The highest BCUT2D eigenvalue weighted by molar-refractivity contribution is 6.30. The zero-order chi connectivity index (χ0) is 29.1. The van der Waals surface area contributed by atoms with Crippen molar-refractivity contribution in [2.75, 3.05) is 5.32 Å². The maximum atomic E-state index is 13.3. The van der Waals surface area contributed by atoms with Crippen LogP contribution < -0.4 is 10.6 Å². The smallest absolute Gasteiger partial charge is 0.303 e. The fourth-order valence-corrected chi connectivity index (χ4v) is 5.61. The van der Waals surface area contributed by atoms with Gasteiger partial charge in [0.25, 0.3) is 0 Å². The molecule has 4 aromatic rings. The summed E-state index contributed by atoms with van der Waals surface area (Å²) in [4.78, 5) is 36.7. The van der Waals surface area contributed by atoms with E-state index < -0.39 is 12.0 Å². The van der Waals surface area contributed by atoms with Crippen molar-refractivity contribution in [3.63, 3.8) is 0 Å². The number of benzene rings is 4. The fourth-order valence-electron chi connectivity index (χ4n) is 5.42. The second-order valence-corrected chi connectivity index (χ2v) is 10.6. The Hall–Kier alpha value is -4.62. The molecular weight excluding hydrogens is 540 g/mol. The van der Waals surface area contributed by atoms with E-state index in [1.54, 1.807) is 12.1 Å². The van der Waals surface area contributed by atoms with E-state index in [1.165, 1.54) is 19.1 Å². The molecule has 0 bridgehead atoms. The maximum Gasteiger partial charge on any atom is 0.303 e. The molecule has 7 nitrogen and oxygen atoms in total. The van der Waals surface area contributed by atoms with Crippen molar-refractivity contribution in [2.45, 2.75) is 38.1 Å². The number of hydrogen-bond acceptors (Lipinski definition) is 4. The highest BCUT2D eigenvalue weighted by atomic mass is 35.5. The first-order chi connectivity index (χ1) is 19.7. The Labute approximate surface area is 242 Å². The predicted octanol–water partition coefficient (Wildman–Crippen LogP) is 6.38. The third-order valence-corrected chi connectivity index (χ3v) is 7.52. The van der Waals surface area contributed by atoms with Gasteiger partial charge in [0.05, 0.1) is 0 Å². The van der Waals surface area contributed by atoms with E-state index in [-0.39, 0.29) is 36.3 Å². The Balaban J connectivity index is 1.44. The summed E-state index contributed by atoms with van der Waals surface area (Å²) in [6.07, 6.45) is 0.648. The monoisotopic (exact) mass is 568 g/mol. The minimum Gasteiger partial charge on any atom is -0.508 e. The number of carboxylic acid groups (broad SMARTS) is 1. The number of nitrogens with one attached hydrogen (secondary N) is 2. The second kappa shape index (κ2) is 11.9. The number of halogens is 1. The number of carboxylic acids is 1. The predicted molar refractivity (Wildman–Crippen MR) is 159 cm³/mol. The summed E-state index contributed by atoms with van der Waals surface area (Å²) in [7, 11) is 0. The van der Waals surface area contributed by atoms with Gasteiger partial charge in [-0.25, -0.2) is 0 Å². The van der Waals surface area contributed by atoms with Crippen LogP contribution in [0.1, 0.15) is 42.4 Å². The minimum absolute atomic E-state index is 0.00123. The van der Waals surface area contributed by atoms with Crippen LogP contribution in [0.3, 0.4) is 0 Å². The number of fused-ring (bicyclic) bond motifs is 3. The van der Waals surface area contributed by atoms with Crippen molar-refractivity contribution < 1.29 is 24.6 Å². The molecule has 1 unspecified atom stereocenters. The van der Waals surface area contributed by atoms with E-state index in [4.69, 9.17) is 11.6 Å². The van der Waals surface area contributed by atoms with Crippen LogP contribution in [0.4, 0.5) is 5.69 Å². The Morgan fingerprint density at radius 1 is 0.878 bits per heavy atom. The van der Waals surface area contributed by atoms with Gasteiger partial charge in [-0.1, -0.05) is 54.1 Å². The molecule has 1 aliphatic carbocycles. The van der Waals surface area contributed by atoms with Crippen molar-refractivity contribution in [3.05, 3.63) is 107 Å². The lowest BCUT2D eigenvalue weighted by Gasteiger charge is -2.19. The van der Waals surface area contributed by atoms with Gasteiger partial charge in [0.1, 0.15) is 11.8 Å². The zero-order valence-electron chi connectivity index (χ0n) is 22.4. The Morgan fingerprint density at radius 3 is 2.24 bits per heavy atom. The molecule has 208 valence electrons. The number of phenols is 1. The summed E-state index contributed by atoms with van der Waals surface area (Å²) in [6.45, 7) is 1.36. The van der Waals surface area contributed by atoms with Gasteiger partial charge in [-0.05, 0) is 87.8 Å². The van der Waals surface area contributed by atoms with E-state index in [9.17, 15) is 24.6 Å². The number of carbonyl (C=O) groups is 3. The molecular formula is C33H29ClN2O5. The molecule has 2 atom stereocenters. The Kier molecular flexibility index (Phi) is 8.08. The maximum absolute atomic E-state index is 13.3. The van der Waals surface area contributed by atoms with Crippen LogP contribution in [0.15, 0.2) is 84.9 Å². The van der Waals surface area contributed by atoms with Crippen LogP contribution in [-0.2, 0) is 20.8 Å². The molecule has 2 amide bonds. The standard InChI is InChI=1S/C33H29ClN2O5/c1-19(37)35-31(15-20-5-9-25(38)10-6-20)33(41)36-24-8-12-27-26-11-7-22(21-3-2-4-23(34)16-21)17-29(26)28(30(27)18-24)13-14-32(39)40/h2-12,16-18,28,31,38H,13-15H2,1H3,(H,35,37)(H,36,41)(H,39,40)/t28?,31-/m0/s1. The van der Waals surface area contributed by atoms with Gasteiger partial charge < -0.3 is 20.8 Å². The number of rotatable bonds is 9. The molecule has 1 aliphatic rings. The molecule has 41 heavy (non-hydrogen) atoms. The van der Waals surface area contributed by atoms with Crippen LogP contribution in [-0.4, -0.2) is 34.0 Å². The van der Waals surface area contributed by atoms with Crippen LogP contribution in [0.5, 0.6) is 5.75 Å². The normalized spacial score (nSPS) is 14.0. The molecule has 0 saturated heterocycles. The molecule has 0 heterocycles. The van der Waals surface area contributed by atoms with Gasteiger partial charge in [-0.3, -0.25) is 14.4 Å². The summed E-state index contributed by atoms with van der Waals surface area (Å²) in [5.74, 6) is -1.64. The van der Waals surface area contributed by atoms with Gasteiger partial charge in [0.15, 0.2) is 0 Å². The number of anilines is 1. The van der Waals surface area contributed by atoms with Gasteiger partial charge in [-0.2, -0.15) is 0 Å². The zero-order valence-corrected chi connectivity index (χ0v) is 23.1. The number of aromatic hydroxyl groups is 1. The van der Waals surface area contributed by atoms with E-state index in [0.29, 0.717) is 17.1 Å². The number of phenolic OH excluding ortho intramolecular Hbond substituents is 1. The Bertz CT molecular complexity index is 1630. The summed E-state index contributed by atoms with van der Waals surface area (Å²) < 4.78 is 0. The van der Waals surface area contributed by atoms with Crippen LogP contribution in [0.25, 0.3) is 22.3 Å². The van der Waals surface area contributed by atoms with Crippen LogP contribution >= 0.6 is 11.6 Å². The van der Waals surface area contributed by atoms with Gasteiger partial charge in [0, 0.05) is 36.4 Å². The van der Waals surface area contributed by atoms with Gasteiger partial charge >= 0.3 is 5.97 Å². The highest BCUT2D eigenvalue weighted by Gasteiger charge is 2.30. The first-order valence-electron chi connectivity index (χ1n) is 13.3. The number of carbonyl (C=O) groups excluding carboxylic acids is 2. The molecule has 4 aromatic carbocycles. The molecule has 0 radical (unpaired) electrons. The van der Waals surface area contributed by atoms with Crippen molar-refractivity contribution in [1.29, 1.82) is 0 Å². The molecule has 4 N–H and O–H groups in total. The van der Waals surface area contributed by atoms with Crippen LogP contribution in [0.2, 0.25) is 5.02 Å². The van der Waals surface area contributed by atoms with Gasteiger partial charge in [0.2, 0.25) is 11.8 Å². The third kappa shape index (κ3) is 6.42. The quantitative estimate of drug-likeness (QED) is 0.187. The first kappa shape index (κ1) is 27.9. The third-order valence-electron chi connectivity index (χ3n) is 7.29. The number of amides is 2. The molecule has 0 aromatic heterocycles. The molecule has 5 rings (SSSR count). The highest BCUT2D eigenvalue weighted by Crippen LogP contribution is 2.49. The summed E-state index contributed by atoms with van der Waals surface area (Å²) >= 11 is 6.23. The summed E-state index contributed by atoms with van der Waals surface area (Å²) in [5.41, 5.74) is 7.29. The van der Waals surface area contributed by atoms with E-state index in [2.05, 4.69) is 16.7 Å². The molecule has 0 fully saturated rings. The van der Waals surface area contributed by atoms with Crippen molar-refractivity contribution in [1.82, 2.24) is 5.32 Å². The SMILES string of the molecule is CC(=O)N[C@@H](Cc1ccc(O)cc1)C(=O)Nc1ccc2c(c1)C(CCC(=O)O)c1cc(-c3cccc(Cl)c3)ccc1-2. The van der Waals surface area contributed by atoms with Gasteiger partial charge in [-0.15, -0.1) is 0 Å². The molecule has 0 spiro atoms. The largest absolute Gasteiger partial charge is 0.508 e. The average Bonchev–Trinajstić information content (AvgIpc) is 3.24. The van der Waals surface area contributed by atoms with Crippen molar-refractivity contribution in [3.8, 4) is 28.0 Å². The molecule has 0 saturated carbocycles. The lowest BCUT2D eigenvalue weighted by Crippen LogP contribution is -2.44. The first-order valence-corrected chi connectivity index (χ1v) is 13.7. The van der Waals surface area contributed by atoms with E-state index >= 15 is 0 Å². The molecule has 0 aliphatic heterocycles. The second-order valence-electron chi connectivity index (χ2n) is 10.2. The van der Waals surface area contributed by atoms with Crippen molar-refractivity contribution >= 4 is 35.1 Å². The summed E-state index contributed by atoms with van der Waals surface area (Å²) in [6, 6.07) is 25.1. The number of aliphatic carboxylic acids is 1. The molecule has 8 heteroatoms. The lowest BCUT2D eigenvalue weighted by atomic mass is 9.90. The lowest BCUT2D eigenvalue weighted by molar-refractivity contribution is -0.137. The summed E-state index contributed by atoms with van der Waals surface area (Å²) in [5, 5.41) is 25.3. The minimum atomic E-state index is -0.872. The van der Waals surface area contributed by atoms with E-state index in [0.717, 1.165) is 38.9 Å².